The monoisotopic (exact) mass is 388 g/mol. The van der Waals surface area contributed by atoms with Crippen molar-refractivity contribution in [3.05, 3.63) is 17.5 Å². The van der Waals surface area contributed by atoms with Crippen LogP contribution in [0, 0.1) is 11.8 Å². The standard InChI is InChI=1S/C16H24N2O5S2/c1-11(2)14(16(20)23-3)17-15(19)12-6-8-18(9-7-12)25(21,22)13-5-4-10-24-13/h4-5,10-12,14H,6-9H2,1-3H3,(H,17,19)/t14-/m1/s1. The fourth-order valence-corrected chi connectivity index (χ4v) is 5.41. The molecule has 1 atom stereocenters. The number of hydrogen-bond acceptors (Lipinski definition) is 6. The summed E-state index contributed by atoms with van der Waals surface area (Å²) in [4.78, 5) is 24.2. The Bertz CT molecular complexity index is 692. The van der Waals surface area contributed by atoms with Gasteiger partial charge < -0.3 is 10.1 Å². The van der Waals surface area contributed by atoms with Crippen LogP contribution in [-0.2, 0) is 24.3 Å². The maximum absolute atomic E-state index is 12.5. The number of nitrogens with one attached hydrogen (secondary N) is 1. The van der Waals surface area contributed by atoms with Crippen LogP contribution in [0.25, 0.3) is 0 Å². The Morgan fingerprint density at radius 1 is 1.32 bits per heavy atom. The number of hydrogen-bond donors (Lipinski definition) is 1. The van der Waals surface area contributed by atoms with Gasteiger partial charge in [0.25, 0.3) is 10.0 Å². The Morgan fingerprint density at radius 2 is 1.96 bits per heavy atom. The van der Waals surface area contributed by atoms with Crippen molar-refractivity contribution in [1.29, 1.82) is 0 Å². The van der Waals surface area contributed by atoms with Gasteiger partial charge in [-0.25, -0.2) is 13.2 Å². The Labute approximate surface area is 152 Å². The molecule has 140 valence electrons. The van der Waals surface area contributed by atoms with Crippen LogP contribution >= 0.6 is 11.3 Å². The number of ether oxygens (including phenoxy) is 1. The minimum absolute atomic E-state index is 0.0873. The van der Waals surface area contributed by atoms with Crippen LogP contribution in [0.3, 0.4) is 0 Å². The number of piperidine rings is 1. The highest BCUT2D eigenvalue weighted by Gasteiger charge is 2.34. The number of rotatable bonds is 6. The lowest BCUT2D eigenvalue weighted by Gasteiger charge is -2.31. The van der Waals surface area contributed by atoms with Crippen LogP contribution in [0.15, 0.2) is 21.7 Å². The van der Waals surface area contributed by atoms with E-state index in [1.54, 1.807) is 17.5 Å². The molecular weight excluding hydrogens is 364 g/mol. The molecule has 1 aliphatic rings. The van der Waals surface area contributed by atoms with Crippen LogP contribution < -0.4 is 5.32 Å². The minimum atomic E-state index is -3.48. The molecule has 2 heterocycles. The van der Waals surface area contributed by atoms with Crippen LogP contribution in [0.2, 0.25) is 0 Å². The summed E-state index contributed by atoms with van der Waals surface area (Å²) in [6.45, 7) is 4.25. The van der Waals surface area contributed by atoms with Crippen LogP contribution in [0.5, 0.6) is 0 Å². The van der Waals surface area contributed by atoms with Gasteiger partial charge in [-0.1, -0.05) is 19.9 Å². The summed E-state index contributed by atoms with van der Waals surface area (Å²) < 4.78 is 31.5. The van der Waals surface area contributed by atoms with E-state index >= 15 is 0 Å². The summed E-state index contributed by atoms with van der Waals surface area (Å²) in [5.74, 6) is -1.09. The number of esters is 1. The zero-order valence-electron chi connectivity index (χ0n) is 14.6. The zero-order chi connectivity index (χ0) is 18.6. The van der Waals surface area contributed by atoms with Crippen molar-refractivity contribution in [2.75, 3.05) is 20.2 Å². The van der Waals surface area contributed by atoms with Crippen molar-refractivity contribution in [2.45, 2.75) is 36.9 Å². The summed E-state index contributed by atoms with van der Waals surface area (Å²) in [5.41, 5.74) is 0. The molecule has 0 unspecified atom stereocenters. The van der Waals surface area contributed by atoms with Gasteiger partial charge in [0.1, 0.15) is 10.3 Å². The highest BCUT2D eigenvalue weighted by Crippen LogP contribution is 2.26. The van der Waals surface area contributed by atoms with E-state index in [4.69, 9.17) is 4.74 Å². The number of sulfonamides is 1. The average molecular weight is 389 g/mol. The minimum Gasteiger partial charge on any atom is -0.467 e. The zero-order valence-corrected chi connectivity index (χ0v) is 16.2. The first-order chi connectivity index (χ1) is 11.8. The fraction of sp³-hybridized carbons (Fsp3) is 0.625. The summed E-state index contributed by atoms with van der Waals surface area (Å²) in [5, 5.41) is 4.47. The molecule has 0 saturated carbocycles. The van der Waals surface area contributed by atoms with Gasteiger partial charge in [-0.2, -0.15) is 4.31 Å². The van der Waals surface area contributed by atoms with Crippen LogP contribution in [-0.4, -0.2) is 50.8 Å². The number of nitrogens with zero attached hydrogens (tertiary/aromatic N) is 1. The Kier molecular flexibility index (Phi) is 6.59. The second kappa shape index (κ2) is 8.29. The van der Waals surface area contributed by atoms with E-state index in [1.807, 2.05) is 13.8 Å². The third-order valence-corrected chi connectivity index (χ3v) is 7.61. The van der Waals surface area contributed by atoms with Crippen molar-refractivity contribution in [2.24, 2.45) is 11.8 Å². The van der Waals surface area contributed by atoms with Gasteiger partial charge in [0, 0.05) is 19.0 Å². The quantitative estimate of drug-likeness (QED) is 0.745. The van der Waals surface area contributed by atoms with Gasteiger partial charge in [0.05, 0.1) is 7.11 Å². The highest BCUT2D eigenvalue weighted by atomic mass is 32.2. The molecule has 1 amide bonds. The molecule has 0 spiro atoms. The molecule has 0 aromatic carbocycles. The molecule has 1 aromatic rings. The summed E-state index contributed by atoms with van der Waals surface area (Å²) in [6, 6.07) is 2.60. The maximum atomic E-state index is 12.5. The second-order valence-electron chi connectivity index (χ2n) is 6.36. The van der Waals surface area contributed by atoms with Gasteiger partial charge in [0.2, 0.25) is 5.91 Å². The predicted molar refractivity (Wildman–Crippen MR) is 94.6 cm³/mol. The Balaban J connectivity index is 1.95. The number of carbonyl (C=O) groups excluding carboxylic acids is 2. The van der Waals surface area contributed by atoms with E-state index in [1.165, 1.54) is 22.8 Å². The van der Waals surface area contributed by atoms with Crippen molar-refractivity contribution >= 4 is 33.2 Å². The van der Waals surface area contributed by atoms with Gasteiger partial charge in [-0.05, 0) is 30.2 Å². The molecule has 1 saturated heterocycles. The molecule has 1 aromatic heterocycles. The molecule has 0 radical (unpaired) electrons. The molecule has 1 fully saturated rings. The van der Waals surface area contributed by atoms with Crippen molar-refractivity contribution in [3.8, 4) is 0 Å². The van der Waals surface area contributed by atoms with Gasteiger partial charge in [-0.3, -0.25) is 4.79 Å². The third kappa shape index (κ3) is 4.59. The number of carbonyl (C=O) groups is 2. The summed E-state index contributed by atoms with van der Waals surface area (Å²) in [7, 11) is -2.19. The van der Waals surface area contributed by atoms with Gasteiger partial charge >= 0.3 is 5.97 Å². The van der Waals surface area contributed by atoms with E-state index in [2.05, 4.69) is 5.32 Å². The molecule has 7 nitrogen and oxygen atoms in total. The van der Waals surface area contributed by atoms with E-state index < -0.39 is 22.0 Å². The first kappa shape index (κ1) is 19.9. The van der Waals surface area contributed by atoms with E-state index in [0.29, 0.717) is 30.1 Å². The summed E-state index contributed by atoms with van der Waals surface area (Å²) >= 11 is 1.19. The smallest absolute Gasteiger partial charge is 0.328 e. The lowest BCUT2D eigenvalue weighted by molar-refractivity contribution is -0.147. The molecule has 1 N–H and O–H groups in total. The number of methoxy groups -OCH3 is 1. The molecule has 2 rings (SSSR count). The van der Waals surface area contributed by atoms with Crippen molar-refractivity contribution in [1.82, 2.24) is 9.62 Å². The fourth-order valence-electron chi connectivity index (χ4n) is 2.79. The largest absolute Gasteiger partial charge is 0.467 e. The third-order valence-electron chi connectivity index (χ3n) is 4.33. The number of thiophene rings is 1. The Hall–Kier alpha value is -1.45. The molecule has 0 bridgehead atoms. The van der Waals surface area contributed by atoms with Crippen molar-refractivity contribution in [3.63, 3.8) is 0 Å². The maximum Gasteiger partial charge on any atom is 0.328 e. The predicted octanol–water partition coefficient (Wildman–Crippen LogP) is 1.46. The normalized spacial score (nSPS) is 18.1. The van der Waals surface area contributed by atoms with E-state index in [-0.39, 0.29) is 17.7 Å². The van der Waals surface area contributed by atoms with Crippen molar-refractivity contribution < 1.29 is 22.7 Å². The van der Waals surface area contributed by atoms with Crippen LogP contribution in [0.4, 0.5) is 0 Å². The first-order valence-electron chi connectivity index (χ1n) is 8.19. The van der Waals surface area contributed by atoms with Gasteiger partial charge in [-0.15, -0.1) is 11.3 Å². The SMILES string of the molecule is COC(=O)[C@H](NC(=O)C1CCN(S(=O)(=O)c2cccs2)CC1)C(C)C. The van der Waals surface area contributed by atoms with Crippen LogP contribution in [0.1, 0.15) is 26.7 Å². The molecule has 25 heavy (non-hydrogen) atoms. The van der Waals surface area contributed by atoms with Gasteiger partial charge in [0.15, 0.2) is 0 Å². The van der Waals surface area contributed by atoms with E-state index in [0.717, 1.165) is 0 Å². The molecule has 0 aliphatic carbocycles. The lowest BCUT2D eigenvalue weighted by Crippen LogP contribution is -2.49. The average Bonchev–Trinajstić information content (AvgIpc) is 3.14. The topological polar surface area (TPSA) is 92.8 Å². The molecule has 9 heteroatoms. The molecule has 1 aliphatic heterocycles. The van der Waals surface area contributed by atoms with E-state index in [9.17, 15) is 18.0 Å². The Morgan fingerprint density at radius 3 is 2.44 bits per heavy atom. The lowest BCUT2D eigenvalue weighted by atomic mass is 9.95. The second-order valence-corrected chi connectivity index (χ2v) is 9.48. The highest BCUT2D eigenvalue weighted by molar-refractivity contribution is 7.91. The summed E-state index contributed by atoms with van der Waals surface area (Å²) in [6.07, 6.45) is 0.866. The first-order valence-corrected chi connectivity index (χ1v) is 10.5. The molecular formula is C16H24N2O5S2. The number of amides is 1.